The van der Waals surface area contributed by atoms with Crippen molar-refractivity contribution < 1.29 is 37.4 Å². The number of aliphatic hydroxyl groups is 1. The van der Waals surface area contributed by atoms with Crippen molar-refractivity contribution in [3.8, 4) is 5.88 Å². The van der Waals surface area contributed by atoms with E-state index in [0.29, 0.717) is 63.1 Å². The highest BCUT2D eigenvalue weighted by Crippen LogP contribution is 2.96. The van der Waals surface area contributed by atoms with Gasteiger partial charge in [-0.25, -0.2) is 4.98 Å². The molecule has 2 saturated carbocycles. The van der Waals surface area contributed by atoms with Gasteiger partial charge in [-0.05, 0) is 36.3 Å². The predicted molar refractivity (Wildman–Crippen MR) is 143 cm³/mol. The minimum Gasteiger partial charge on any atom is -0.474 e. The number of pyridine rings is 1. The van der Waals surface area contributed by atoms with E-state index >= 15 is 0 Å². The number of carbonyl (C=O) groups is 3. The number of alkyl halides is 3. The van der Waals surface area contributed by atoms with Crippen LogP contribution >= 0.6 is 0 Å². The van der Waals surface area contributed by atoms with Crippen LogP contribution in [0, 0.1) is 11.3 Å². The van der Waals surface area contributed by atoms with E-state index < -0.39 is 30.3 Å². The largest absolute Gasteiger partial charge is 0.474 e. The van der Waals surface area contributed by atoms with E-state index in [9.17, 15) is 27.6 Å². The Morgan fingerprint density at radius 1 is 1.09 bits per heavy atom. The molecule has 14 heteroatoms. The lowest BCUT2D eigenvalue weighted by Gasteiger charge is -2.37. The highest BCUT2D eigenvalue weighted by Gasteiger charge is 2.90. The molecule has 6 atom stereocenters. The molecule has 6 aliphatic rings. The van der Waals surface area contributed by atoms with Crippen molar-refractivity contribution in [2.24, 2.45) is 11.3 Å². The molecule has 1 unspecified atom stereocenters. The third-order valence-corrected chi connectivity index (χ3v) is 10.2. The smallest absolute Gasteiger partial charge is 0.421 e. The first-order chi connectivity index (χ1) is 20.4. The molecule has 4 aliphatic carbocycles. The summed E-state index contributed by atoms with van der Waals surface area (Å²) < 4.78 is 47.6. The molecule has 230 valence electrons. The number of likely N-dealkylation sites (tertiary alicyclic amines) is 1. The van der Waals surface area contributed by atoms with Crippen molar-refractivity contribution in [1.29, 1.82) is 0 Å². The Morgan fingerprint density at radius 2 is 1.79 bits per heavy atom. The molecule has 4 heterocycles. The summed E-state index contributed by atoms with van der Waals surface area (Å²) in [5, 5.41) is 13.8. The number of hydrogen-bond donors (Lipinski definition) is 1. The second-order valence-corrected chi connectivity index (χ2v) is 12.5. The Labute approximate surface area is 245 Å². The molecule has 11 nitrogen and oxygen atoms in total. The van der Waals surface area contributed by atoms with Crippen LogP contribution in [0.15, 0.2) is 18.3 Å². The third kappa shape index (κ3) is 4.31. The molecule has 0 spiro atoms. The number of piperazine rings is 1. The van der Waals surface area contributed by atoms with Gasteiger partial charge in [0.2, 0.25) is 17.7 Å². The first kappa shape index (κ1) is 28.1. The molecule has 1 N–H and O–H groups in total. The minimum atomic E-state index is -4.58. The molecule has 2 aromatic rings. The number of amides is 3. The van der Waals surface area contributed by atoms with Gasteiger partial charge < -0.3 is 24.5 Å². The fourth-order valence-electron chi connectivity index (χ4n) is 7.85. The molecule has 4 fully saturated rings. The second kappa shape index (κ2) is 9.66. The van der Waals surface area contributed by atoms with Gasteiger partial charge in [-0.1, -0.05) is 6.92 Å². The van der Waals surface area contributed by atoms with E-state index in [1.165, 1.54) is 17.2 Å². The summed E-state index contributed by atoms with van der Waals surface area (Å²) in [5.41, 5.74) is 1.54. The molecule has 2 aromatic heterocycles. The fourth-order valence-corrected chi connectivity index (χ4v) is 7.85. The van der Waals surface area contributed by atoms with Crippen LogP contribution in [0.1, 0.15) is 65.8 Å². The van der Waals surface area contributed by atoms with Crippen molar-refractivity contribution in [2.45, 2.75) is 63.4 Å². The van der Waals surface area contributed by atoms with Crippen LogP contribution in [0.4, 0.5) is 13.2 Å². The quantitative estimate of drug-likeness (QED) is 0.536. The van der Waals surface area contributed by atoms with Gasteiger partial charge in [0.15, 0.2) is 5.69 Å². The monoisotopic (exact) mass is 602 g/mol. The lowest BCUT2D eigenvalue weighted by molar-refractivity contribution is -0.140. The Hall–Kier alpha value is -3.68. The van der Waals surface area contributed by atoms with Crippen molar-refractivity contribution in [3.63, 3.8) is 0 Å². The van der Waals surface area contributed by atoms with Crippen molar-refractivity contribution in [1.82, 2.24) is 29.5 Å². The lowest BCUT2D eigenvalue weighted by atomic mass is 10.0. The van der Waals surface area contributed by atoms with E-state index in [4.69, 9.17) is 9.84 Å². The topological polar surface area (TPSA) is 121 Å². The molecule has 2 bridgehead atoms. The van der Waals surface area contributed by atoms with Gasteiger partial charge in [-0.3, -0.25) is 19.1 Å². The number of nitrogens with zero attached hydrogens (tertiary/aromatic N) is 6. The van der Waals surface area contributed by atoms with Crippen LogP contribution in [-0.2, 0) is 22.3 Å². The first-order valence-electron chi connectivity index (χ1n) is 14.7. The SMILES string of the molecule is C[C@@H]1C[C@H](Oc2ncccc2C(F)(F)F)CCN1C(=O)Cn1nc(C(=O)N2CCN(C(=O)CO)CC2)c2c1C1[C@@H]3[C@H]2[C@]13C. The minimum absolute atomic E-state index is 0.0191. The zero-order valence-corrected chi connectivity index (χ0v) is 23.9. The normalized spacial score (nSPS) is 30.6. The van der Waals surface area contributed by atoms with Gasteiger partial charge >= 0.3 is 6.18 Å². The molecular weight excluding hydrogens is 569 g/mol. The molecular formula is C29H33F3N6O5. The number of aliphatic hydroxyl groups excluding tert-OH is 1. The summed E-state index contributed by atoms with van der Waals surface area (Å²) in [7, 11) is 0. The average molecular weight is 603 g/mol. The van der Waals surface area contributed by atoms with Crippen molar-refractivity contribution >= 4 is 17.7 Å². The van der Waals surface area contributed by atoms with E-state index in [1.54, 1.807) is 14.5 Å². The van der Waals surface area contributed by atoms with E-state index in [2.05, 4.69) is 17.0 Å². The van der Waals surface area contributed by atoms with Crippen LogP contribution in [-0.4, -0.2) is 104 Å². The highest BCUT2D eigenvalue weighted by atomic mass is 19.4. The Morgan fingerprint density at radius 3 is 2.44 bits per heavy atom. The van der Waals surface area contributed by atoms with Crippen LogP contribution in [0.25, 0.3) is 0 Å². The molecule has 8 rings (SSSR count). The number of ether oxygens (including phenoxy) is 1. The van der Waals surface area contributed by atoms with E-state index in [0.717, 1.165) is 17.3 Å². The summed E-state index contributed by atoms with van der Waals surface area (Å²) in [6, 6.07) is 1.89. The van der Waals surface area contributed by atoms with Gasteiger partial charge in [0.25, 0.3) is 5.91 Å². The van der Waals surface area contributed by atoms with Gasteiger partial charge in [-0.2, -0.15) is 18.3 Å². The summed E-state index contributed by atoms with van der Waals surface area (Å²) >= 11 is 0. The number of rotatable bonds is 6. The summed E-state index contributed by atoms with van der Waals surface area (Å²) in [6.07, 6.45) is -3.12. The molecule has 2 aliphatic heterocycles. The number of halogens is 3. The number of aromatic nitrogens is 3. The average Bonchev–Trinajstić information content (AvgIpc) is 3.52. The third-order valence-electron chi connectivity index (χ3n) is 10.2. The maximum Gasteiger partial charge on any atom is 0.421 e. The standard InChI is InChI=1S/C29H33F3N6O5/c1-15-12-16(43-26-17(29(30,31)32)4-3-6-33-26)5-7-37(15)18(40)13-38-25-20(21-22-23(25)28(21,22)2)24(34-38)27(42)36-10-8-35(9-11-36)19(41)14-39/h3-4,6,15-16,21-23,39H,5,7-14H2,1-2H3/t15-,16-,21+,22+,23?,28+/m1/s1. The number of carbonyl (C=O) groups excluding carboxylic acids is 3. The maximum atomic E-state index is 13.6. The second-order valence-electron chi connectivity index (χ2n) is 12.5. The van der Waals surface area contributed by atoms with E-state index in [1.807, 2.05) is 6.92 Å². The van der Waals surface area contributed by atoms with Gasteiger partial charge in [0, 0.05) is 75.0 Å². The van der Waals surface area contributed by atoms with Crippen LogP contribution in [0.2, 0.25) is 0 Å². The molecule has 3 amide bonds. The summed E-state index contributed by atoms with van der Waals surface area (Å²) in [4.78, 5) is 47.7. The summed E-state index contributed by atoms with van der Waals surface area (Å²) in [5.74, 6) is -0.0999. The Kier molecular flexibility index (Phi) is 6.32. The van der Waals surface area contributed by atoms with Crippen molar-refractivity contribution in [2.75, 3.05) is 39.3 Å². The molecule has 2 saturated heterocycles. The van der Waals surface area contributed by atoms with Crippen LogP contribution in [0.5, 0.6) is 5.88 Å². The molecule has 0 aromatic carbocycles. The Bertz CT molecular complexity index is 1500. The lowest BCUT2D eigenvalue weighted by Crippen LogP contribution is -2.51. The first-order valence-corrected chi connectivity index (χ1v) is 14.7. The van der Waals surface area contributed by atoms with E-state index in [-0.39, 0.29) is 41.6 Å². The maximum absolute atomic E-state index is 13.6. The van der Waals surface area contributed by atoms with Gasteiger partial charge in [0.05, 0.1) is 0 Å². The fraction of sp³-hybridized carbons (Fsp3) is 0.621. The zero-order valence-electron chi connectivity index (χ0n) is 23.9. The predicted octanol–water partition coefficient (Wildman–Crippen LogP) is 1.86. The van der Waals surface area contributed by atoms with Crippen LogP contribution < -0.4 is 4.74 Å². The number of hydrogen-bond acceptors (Lipinski definition) is 7. The van der Waals surface area contributed by atoms with Gasteiger partial charge in [0.1, 0.15) is 24.8 Å². The molecule has 43 heavy (non-hydrogen) atoms. The highest BCUT2D eigenvalue weighted by molar-refractivity contribution is 5.96. The van der Waals surface area contributed by atoms with Crippen molar-refractivity contribution in [3.05, 3.63) is 40.8 Å². The number of piperidine rings is 1. The zero-order chi connectivity index (χ0) is 30.4. The Balaban J connectivity index is 1.03. The van der Waals surface area contributed by atoms with Crippen LogP contribution in [0.3, 0.4) is 0 Å². The summed E-state index contributed by atoms with van der Waals surface area (Å²) in [6.45, 7) is 5.17. The molecule has 0 radical (unpaired) electrons. The van der Waals surface area contributed by atoms with Gasteiger partial charge in [-0.15, -0.1) is 0 Å².